The Hall–Kier alpha value is -1.10. The number of likely N-dealkylation sites (N-methyl/N-ethyl adjacent to an activating group) is 1. The molecule has 1 unspecified atom stereocenters. The van der Waals surface area contributed by atoms with Crippen molar-refractivity contribution >= 4 is 0 Å². The van der Waals surface area contributed by atoms with E-state index in [-0.39, 0.29) is 0 Å². The highest BCUT2D eigenvalue weighted by Gasteiger charge is 2.12. The lowest BCUT2D eigenvalue weighted by Gasteiger charge is -2.25. The van der Waals surface area contributed by atoms with Crippen molar-refractivity contribution in [3.8, 4) is 5.75 Å². The van der Waals surface area contributed by atoms with Crippen molar-refractivity contribution in [3.63, 3.8) is 0 Å². The summed E-state index contributed by atoms with van der Waals surface area (Å²) in [6.07, 6.45) is 1.15. The molecule has 0 amide bonds. The maximum atomic E-state index is 5.49. The molecular formula is C17H30N2O2. The summed E-state index contributed by atoms with van der Waals surface area (Å²) in [7, 11) is 5.59. The van der Waals surface area contributed by atoms with E-state index in [1.165, 1.54) is 11.1 Å². The number of hydrogen-bond acceptors (Lipinski definition) is 4. The molecule has 0 heterocycles. The fourth-order valence-corrected chi connectivity index (χ4v) is 2.27. The molecule has 0 aliphatic carbocycles. The van der Waals surface area contributed by atoms with E-state index in [1.807, 2.05) is 0 Å². The van der Waals surface area contributed by atoms with Gasteiger partial charge >= 0.3 is 0 Å². The first-order valence-electron chi connectivity index (χ1n) is 7.68. The smallest absolute Gasteiger partial charge is 0.123 e. The van der Waals surface area contributed by atoms with Crippen LogP contribution in [0.1, 0.15) is 31.4 Å². The number of ether oxygens (including phenoxy) is 2. The Morgan fingerprint density at radius 1 is 1.29 bits per heavy atom. The Morgan fingerprint density at radius 3 is 2.67 bits per heavy atom. The van der Waals surface area contributed by atoms with Crippen molar-refractivity contribution in [2.24, 2.45) is 0 Å². The highest BCUT2D eigenvalue weighted by molar-refractivity contribution is 5.37. The molecule has 0 spiro atoms. The minimum Gasteiger partial charge on any atom is -0.496 e. The van der Waals surface area contributed by atoms with Crippen molar-refractivity contribution < 1.29 is 9.47 Å². The molecule has 0 radical (unpaired) electrons. The van der Waals surface area contributed by atoms with Gasteiger partial charge in [-0.1, -0.05) is 13.0 Å². The Bertz CT molecular complexity index is 410. The normalized spacial score (nSPS) is 12.7. The summed E-state index contributed by atoms with van der Waals surface area (Å²) >= 11 is 0. The van der Waals surface area contributed by atoms with Crippen molar-refractivity contribution in [2.75, 3.05) is 34.4 Å². The number of methoxy groups -OCH3 is 2. The molecule has 4 nitrogen and oxygen atoms in total. The van der Waals surface area contributed by atoms with Gasteiger partial charge in [0.25, 0.3) is 0 Å². The first-order chi connectivity index (χ1) is 10.1. The van der Waals surface area contributed by atoms with Crippen molar-refractivity contribution in [2.45, 2.75) is 39.4 Å². The van der Waals surface area contributed by atoms with E-state index in [9.17, 15) is 0 Å². The van der Waals surface area contributed by atoms with Gasteiger partial charge < -0.3 is 14.8 Å². The predicted molar refractivity (Wildman–Crippen MR) is 87.8 cm³/mol. The topological polar surface area (TPSA) is 33.7 Å². The molecule has 0 aromatic heterocycles. The van der Waals surface area contributed by atoms with Crippen LogP contribution in [-0.2, 0) is 17.8 Å². The summed E-state index contributed by atoms with van der Waals surface area (Å²) in [4.78, 5) is 2.28. The van der Waals surface area contributed by atoms with Crippen LogP contribution in [0.4, 0.5) is 0 Å². The van der Waals surface area contributed by atoms with Crippen LogP contribution in [0.25, 0.3) is 0 Å². The molecular weight excluding hydrogens is 264 g/mol. The second-order valence-electron chi connectivity index (χ2n) is 5.54. The lowest BCUT2D eigenvalue weighted by atomic mass is 10.1. The average Bonchev–Trinajstić information content (AvgIpc) is 2.48. The van der Waals surface area contributed by atoms with Crippen LogP contribution in [0.2, 0.25) is 0 Å². The summed E-state index contributed by atoms with van der Waals surface area (Å²) in [5.74, 6) is 0.950. The molecule has 0 bridgehead atoms. The van der Waals surface area contributed by atoms with Crippen LogP contribution in [0, 0.1) is 0 Å². The maximum Gasteiger partial charge on any atom is 0.123 e. The molecule has 1 atom stereocenters. The van der Waals surface area contributed by atoms with Crippen LogP contribution >= 0.6 is 0 Å². The summed E-state index contributed by atoms with van der Waals surface area (Å²) in [6.45, 7) is 7.89. The third-order valence-corrected chi connectivity index (χ3v) is 3.68. The Labute approximate surface area is 129 Å². The number of hydrogen-bond donors (Lipinski definition) is 1. The zero-order valence-corrected chi connectivity index (χ0v) is 14.1. The second-order valence-corrected chi connectivity index (χ2v) is 5.54. The molecule has 1 aromatic rings. The molecule has 0 saturated carbocycles. The Morgan fingerprint density at radius 2 is 2.05 bits per heavy atom. The molecule has 1 rings (SSSR count). The molecule has 1 aromatic carbocycles. The van der Waals surface area contributed by atoms with Crippen molar-refractivity contribution in [1.29, 1.82) is 0 Å². The first-order valence-corrected chi connectivity index (χ1v) is 7.68. The van der Waals surface area contributed by atoms with Crippen LogP contribution in [0.15, 0.2) is 18.2 Å². The van der Waals surface area contributed by atoms with Gasteiger partial charge in [0.15, 0.2) is 0 Å². The average molecular weight is 294 g/mol. The maximum absolute atomic E-state index is 5.49. The molecule has 0 aliphatic heterocycles. The largest absolute Gasteiger partial charge is 0.496 e. The highest BCUT2D eigenvalue weighted by atomic mass is 16.5. The minimum atomic E-state index is 0.376. The summed E-state index contributed by atoms with van der Waals surface area (Å²) < 4.78 is 10.7. The van der Waals surface area contributed by atoms with Gasteiger partial charge in [-0.05, 0) is 44.6 Å². The van der Waals surface area contributed by atoms with Gasteiger partial charge in [0.2, 0.25) is 0 Å². The third kappa shape index (κ3) is 6.04. The molecule has 21 heavy (non-hydrogen) atoms. The van der Waals surface area contributed by atoms with Crippen LogP contribution < -0.4 is 10.1 Å². The van der Waals surface area contributed by atoms with E-state index < -0.39 is 0 Å². The number of nitrogens with zero attached hydrogens (tertiary/aromatic N) is 1. The second kappa shape index (κ2) is 9.77. The van der Waals surface area contributed by atoms with Crippen LogP contribution in [-0.4, -0.2) is 45.4 Å². The molecule has 0 saturated heterocycles. The van der Waals surface area contributed by atoms with E-state index in [0.29, 0.717) is 6.04 Å². The van der Waals surface area contributed by atoms with Crippen molar-refractivity contribution in [3.05, 3.63) is 29.3 Å². The zero-order chi connectivity index (χ0) is 15.7. The SMILES string of the molecule is CCCNCc1ccc(OC)c(CN(C)C(C)COC)c1. The lowest BCUT2D eigenvalue weighted by Crippen LogP contribution is -2.32. The summed E-state index contributed by atoms with van der Waals surface area (Å²) in [5, 5.41) is 3.44. The van der Waals surface area contributed by atoms with Crippen LogP contribution in [0.3, 0.4) is 0 Å². The van der Waals surface area contributed by atoms with E-state index in [2.05, 4.69) is 49.3 Å². The Kier molecular flexibility index (Phi) is 8.35. The first kappa shape index (κ1) is 18.0. The van der Waals surface area contributed by atoms with E-state index >= 15 is 0 Å². The fourth-order valence-electron chi connectivity index (χ4n) is 2.27. The number of benzene rings is 1. The quantitative estimate of drug-likeness (QED) is 0.673. The standard InChI is InChI=1S/C17H30N2O2/c1-6-9-18-11-15-7-8-17(21-5)16(10-15)12-19(3)14(2)13-20-4/h7-8,10,14,18H,6,9,11-13H2,1-5H3. The van der Waals surface area contributed by atoms with Crippen LogP contribution in [0.5, 0.6) is 5.75 Å². The molecule has 4 heteroatoms. The fraction of sp³-hybridized carbons (Fsp3) is 0.647. The van der Waals surface area contributed by atoms with E-state index in [0.717, 1.165) is 38.4 Å². The molecule has 0 fully saturated rings. The van der Waals surface area contributed by atoms with Crippen molar-refractivity contribution in [1.82, 2.24) is 10.2 Å². The summed E-state index contributed by atoms with van der Waals surface area (Å²) in [5.41, 5.74) is 2.52. The monoisotopic (exact) mass is 294 g/mol. The molecule has 120 valence electrons. The number of nitrogens with one attached hydrogen (secondary N) is 1. The van der Waals surface area contributed by atoms with Gasteiger partial charge in [0, 0.05) is 31.8 Å². The predicted octanol–water partition coefficient (Wildman–Crippen LogP) is 2.66. The van der Waals surface area contributed by atoms with E-state index in [4.69, 9.17) is 9.47 Å². The van der Waals surface area contributed by atoms with Gasteiger partial charge in [-0.15, -0.1) is 0 Å². The third-order valence-electron chi connectivity index (χ3n) is 3.68. The number of rotatable bonds is 10. The zero-order valence-electron chi connectivity index (χ0n) is 14.1. The van der Waals surface area contributed by atoms with Gasteiger partial charge in [0.05, 0.1) is 13.7 Å². The minimum absolute atomic E-state index is 0.376. The Balaban J connectivity index is 2.75. The summed E-state index contributed by atoms with van der Waals surface area (Å²) in [6, 6.07) is 6.80. The van der Waals surface area contributed by atoms with E-state index in [1.54, 1.807) is 14.2 Å². The van der Waals surface area contributed by atoms with Gasteiger partial charge in [-0.3, -0.25) is 4.90 Å². The molecule has 1 N–H and O–H groups in total. The van der Waals surface area contributed by atoms with Gasteiger partial charge in [0.1, 0.15) is 5.75 Å². The van der Waals surface area contributed by atoms with Gasteiger partial charge in [-0.2, -0.15) is 0 Å². The highest BCUT2D eigenvalue weighted by Crippen LogP contribution is 2.22. The molecule has 0 aliphatic rings. The lowest BCUT2D eigenvalue weighted by molar-refractivity contribution is 0.111. The van der Waals surface area contributed by atoms with Gasteiger partial charge in [-0.25, -0.2) is 0 Å².